The number of hydrogen-bond acceptors (Lipinski definition) is 4. The highest BCUT2D eigenvalue weighted by atomic mass is 32.1. The molecule has 0 aliphatic rings. The van der Waals surface area contributed by atoms with Gasteiger partial charge in [0, 0.05) is 9.75 Å². The third-order valence-electron chi connectivity index (χ3n) is 2.61. The number of hydrogen-bond donors (Lipinski definition) is 1. The molecule has 0 spiro atoms. The molecule has 0 bridgehead atoms. The lowest BCUT2D eigenvalue weighted by molar-refractivity contribution is 0.605. The zero-order valence-electron chi connectivity index (χ0n) is 10.0. The summed E-state index contributed by atoms with van der Waals surface area (Å²) in [6.07, 6.45) is 1.37. The average molecular weight is 251 g/mol. The Morgan fingerprint density at radius 1 is 1.29 bits per heavy atom. The van der Waals surface area contributed by atoms with E-state index in [-0.39, 0.29) is 11.6 Å². The Morgan fingerprint density at radius 3 is 2.71 bits per heavy atom. The van der Waals surface area contributed by atoms with Gasteiger partial charge in [0.1, 0.15) is 6.33 Å². The van der Waals surface area contributed by atoms with Crippen molar-refractivity contribution in [1.82, 2.24) is 9.97 Å². The van der Waals surface area contributed by atoms with Crippen molar-refractivity contribution in [2.75, 3.05) is 5.32 Å². The molecule has 0 atom stereocenters. The maximum Gasteiger partial charge on any atom is 0.186 e. The van der Waals surface area contributed by atoms with E-state index in [1.54, 1.807) is 18.3 Å². The van der Waals surface area contributed by atoms with E-state index in [1.165, 1.54) is 21.6 Å². The van der Waals surface area contributed by atoms with Crippen molar-refractivity contribution in [1.29, 1.82) is 0 Å². The minimum atomic E-state index is -0.377. The van der Waals surface area contributed by atoms with Gasteiger partial charge < -0.3 is 5.32 Å². The van der Waals surface area contributed by atoms with Gasteiger partial charge in [-0.25, -0.2) is 14.4 Å². The minimum Gasteiger partial charge on any atom is -0.363 e. The Bertz CT molecular complexity index is 517. The number of halogens is 1. The van der Waals surface area contributed by atoms with Gasteiger partial charge in [0.05, 0.1) is 12.2 Å². The predicted octanol–water partition coefficient (Wildman–Crippen LogP) is 3.21. The maximum absolute atomic E-state index is 13.6. The fraction of sp³-hybridized carbons (Fsp3) is 0.333. The van der Waals surface area contributed by atoms with E-state index in [2.05, 4.69) is 35.2 Å². The molecule has 2 aromatic heterocycles. The summed E-state index contributed by atoms with van der Waals surface area (Å²) in [5, 5.41) is 2.99. The lowest BCUT2D eigenvalue weighted by atomic mass is 10.3. The number of aryl methyl sites for hydroxylation is 3. The Morgan fingerprint density at radius 2 is 2.06 bits per heavy atom. The zero-order valence-corrected chi connectivity index (χ0v) is 10.9. The molecule has 2 aromatic rings. The van der Waals surface area contributed by atoms with Crippen LogP contribution in [-0.2, 0) is 6.54 Å². The second-order valence-electron chi connectivity index (χ2n) is 3.93. The topological polar surface area (TPSA) is 37.8 Å². The summed E-state index contributed by atoms with van der Waals surface area (Å²) in [6, 6.07) is 2.11. The summed E-state index contributed by atoms with van der Waals surface area (Å²) in [7, 11) is 0. The van der Waals surface area contributed by atoms with Crippen LogP contribution in [0.15, 0.2) is 12.4 Å². The molecule has 90 valence electrons. The largest absolute Gasteiger partial charge is 0.363 e. The highest BCUT2D eigenvalue weighted by Crippen LogP contribution is 2.22. The minimum absolute atomic E-state index is 0.265. The molecule has 3 nitrogen and oxygen atoms in total. The first-order valence-corrected chi connectivity index (χ1v) is 6.16. The van der Waals surface area contributed by atoms with Crippen LogP contribution in [0.2, 0.25) is 0 Å². The van der Waals surface area contributed by atoms with Crippen LogP contribution in [0.1, 0.15) is 21.0 Å². The monoisotopic (exact) mass is 251 g/mol. The second-order valence-corrected chi connectivity index (χ2v) is 5.27. The maximum atomic E-state index is 13.6. The average Bonchev–Trinajstić information content (AvgIpc) is 2.61. The van der Waals surface area contributed by atoms with Gasteiger partial charge in [0.25, 0.3) is 0 Å². The summed E-state index contributed by atoms with van der Waals surface area (Å²) in [6.45, 7) is 6.37. The van der Waals surface area contributed by atoms with Crippen LogP contribution in [0, 0.1) is 26.6 Å². The van der Waals surface area contributed by atoms with Gasteiger partial charge in [0.15, 0.2) is 11.6 Å². The number of thiophene rings is 1. The van der Waals surface area contributed by atoms with Crippen molar-refractivity contribution >= 4 is 17.2 Å². The van der Waals surface area contributed by atoms with Crippen LogP contribution in [0.3, 0.4) is 0 Å². The predicted molar refractivity (Wildman–Crippen MR) is 67.8 cm³/mol. The van der Waals surface area contributed by atoms with E-state index >= 15 is 0 Å². The van der Waals surface area contributed by atoms with Gasteiger partial charge >= 0.3 is 0 Å². The van der Waals surface area contributed by atoms with Crippen molar-refractivity contribution in [3.05, 3.63) is 39.2 Å². The molecule has 0 saturated heterocycles. The van der Waals surface area contributed by atoms with Gasteiger partial charge in [-0.2, -0.15) is 0 Å². The van der Waals surface area contributed by atoms with Gasteiger partial charge in [-0.1, -0.05) is 0 Å². The number of aromatic nitrogens is 2. The standard InChI is InChI=1S/C12H14FN3S/c1-7-4-10(17-9(7)3)5-14-12-11(13)8(2)15-6-16-12/h4,6H,5H2,1-3H3,(H,14,15,16). The van der Waals surface area contributed by atoms with Crippen molar-refractivity contribution < 1.29 is 4.39 Å². The second kappa shape index (κ2) is 4.79. The number of rotatable bonds is 3. The van der Waals surface area contributed by atoms with Crippen molar-refractivity contribution in [2.24, 2.45) is 0 Å². The normalized spacial score (nSPS) is 10.6. The Hall–Kier alpha value is -1.49. The molecule has 0 saturated carbocycles. The molecule has 0 aromatic carbocycles. The van der Waals surface area contributed by atoms with Crippen molar-refractivity contribution in [3.8, 4) is 0 Å². The number of nitrogens with one attached hydrogen (secondary N) is 1. The molecule has 2 rings (SSSR count). The molecule has 0 aliphatic heterocycles. The molecule has 0 radical (unpaired) electrons. The summed E-state index contributed by atoms with van der Waals surface area (Å²) < 4.78 is 13.6. The smallest absolute Gasteiger partial charge is 0.186 e. The van der Waals surface area contributed by atoms with Crippen molar-refractivity contribution in [2.45, 2.75) is 27.3 Å². The third-order valence-corrected chi connectivity index (χ3v) is 3.76. The first-order chi connectivity index (χ1) is 8.08. The van der Waals surface area contributed by atoms with Crippen LogP contribution >= 0.6 is 11.3 Å². The van der Waals surface area contributed by atoms with E-state index in [4.69, 9.17) is 0 Å². The van der Waals surface area contributed by atoms with Crippen LogP contribution < -0.4 is 5.32 Å². The molecule has 0 amide bonds. The number of nitrogens with zero attached hydrogens (tertiary/aromatic N) is 2. The number of anilines is 1. The van der Waals surface area contributed by atoms with Crippen LogP contribution in [0.4, 0.5) is 10.2 Å². The first-order valence-electron chi connectivity index (χ1n) is 5.35. The third kappa shape index (κ3) is 2.61. The van der Waals surface area contributed by atoms with Crippen LogP contribution in [0.5, 0.6) is 0 Å². The van der Waals surface area contributed by atoms with Gasteiger partial charge in [-0.3, -0.25) is 0 Å². The van der Waals surface area contributed by atoms with E-state index in [9.17, 15) is 4.39 Å². The summed E-state index contributed by atoms with van der Waals surface area (Å²) in [5.41, 5.74) is 1.63. The Balaban J connectivity index is 2.10. The molecule has 5 heteroatoms. The molecular weight excluding hydrogens is 237 g/mol. The van der Waals surface area contributed by atoms with Gasteiger partial charge in [-0.05, 0) is 32.4 Å². The molecule has 17 heavy (non-hydrogen) atoms. The Kier molecular flexibility index (Phi) is 3.38. The van der Waals surface area contributed by atoms with Gasteiger partial charge in [0.2, 0.25) is 0 Å². The van der Waals surface area contributed by atoms with Crippen LogP contribution in [0.25, 0.3) is 0 Å². The molecule has 2 heterocycles. The Labute approximate surface area is 104 Å². The molecule has 1 N–H and O–H groups in total. The lowest BCUT2D eigenvalue weighted by Crippen LogP contribution is -2.04. The van der Waals surface area contributed by atoms with Crippen molar-refractivity contribution in [3.63, 3.8) is 0 Å². The van der Waals surface area contributed by atoms with Gasteiger partial charge in [-0.15, -0.1) is 11.3 Å². The molecule has 0 fully saturated rings. The highest BCUT2D eigenvalue weighted by molar-refractivity contribution is 7.12. The summed E-state index contributed by atoms with van der Waals surface area (Å²) >= 11 is 1.72. The van der Waals surface area contributed by atoms with Crippen LogP contribution in [-0.4, -0.2) is 9.97 Å². The lowest BCUT2D eigenvalue weighted by Gasteiger charge is -2.05. The zero-order chi connectivity index (χ0) is 12.4. The van der Waals surface area contributed by atoms with E-state index in [0.717, 1.165) is 0 Å². The first kappa shape index (κ1) is 12.0. The quantitative estimate of drug-likeness (QED) is 0.910. The van der Waals surface area contributed by atoms with E-state index in [1.807, 2.05) is 0 Å². The van der Waals surface area contributed by atoms with E-state index in [0.29, 0.717) is 12.2 Å². The summed E-state index contributed by atoms with van der Waals surface area (Å²) in [4.78, 5) is 10.1. The molecular formula is C12H14FN3S. The fourth-order valence-corrected chi connectivity index (χ4v) is 2.48. The fourth-order valence-electron chi connectivity index (χ4n) is 1.49. The summed E-state index contributed by atoms with van der Waals surface area (Å²) in [5.74, 6) is -0.112. The molecule has 0 aliphatic carbocycles. The molecule has 0 unspecified atom stereocenters. The SMILES string of the molecule is Cc1cc(CNc2ncnc(C)c2F)sc1C. The van der Waals surface area contributed by atoms with E-state index < -0.39 is 0 Å². The highest BCUT2D eigenvalue weighted by Gasteiger charge is 2.08.